The summed E-state index contributed by atoms with van der Waals surface area (Å²) in [5.41, 5.74) is 0.433. The summed E-state index contributed by atoms with van der Waals surface area (Å²) in [6, 6.07) is 11.9. The van der Waals surface area contributed by atoms with Crippen molar-refractivity contribution in [3.63, 3.8) is 0 Å². The Morgan fingerprint density at radius 3 is 2.28 bits per heavy atom. The predicted molar refractivity (Wildman–Crippen MR) is 137 cm³/mol. The third-order valence-corrected chi connectivity index (χ3v) is 9.38. The zero-order valence-corrected chi connectivity index (χ0v) is 22.3. The lowest BCUT2D eigenvalue weighted by atomic mass is 9.76. The molecule has 8 nitrogen and oxygen atoms in total. The number of ether oxygens (including phenoxy) is 3. The van der Waals surface area contributed by atoms with Crippen LogP contribution in [0.2, 0.25) is 5.02 Å². The first-order valence-corrected chi connectivity index (χ1v) is 13.9. The standard InChI is InChI=1S/C26H33ClN2O6S/c1-20-17-22(5-8-24(20)27)35-19-26(18-25(30)28-13-15-34-16-14-28)9-11-29(12-10-26)36(31,32)23-6-3-21(33-2)4-7-23/h3-8,17H,9-16,18-19H2,1-2H3. The van der Waals surface area contributed by atoms with E-state index in [4.69, 9.17) is 25.8 Å². The highest BCUT2D eigenvalue weighted by molar-refractivity contribution is 7.89. The molecule has 196 valence electrons. The van der Waals surface area contributed by atoms with Crippen LogP contribution in [0, 0.1) is 12.3 Å². The van der Waals surface area contributed by atoms with Crippen molar-refractivity contribution < 1.29 is 27.4 Å². The third kappa shape index (κ3) is 6.14. The van der Waals surface area contributed by atoms with Gasteiger partial charge in [-0.2, -0.15) is 4.31 Å². The molecule has 0 unspecified atom stereocenters. The van der Waals surface area contributed by atoms with Gasteiger partial charge in [0.05, 0.1) is 31.8 Å². The second-order valence-corrected chi connectivity index (χ2v) is 11.8. The van der Waals surface area contributed by atoms with Crippen LogP contribution in [-0.2, 0) is 19.6 Å². The van der Waals surface area contributed by atoms with Crippen LogP contribution in [0.5, 0.6) is 11.5 Å². The normalized spacial score (nSPS) is 18.6. The number of benzene rings is 2. The van der Waals surface area contributed by atoms with E-state index in [-0.39, 0.29) is 10.8 Å². The van der Waals surface area contributed by atoms with Crippen molar-refractivity contribution in [1.29, 1.82) is 0 Å². The number of carbonyl (C=O) groups excluding carboxylic acids is 1. The van der Waals surface area contributed by atoms with Gasteiger partial charge in [0.15, 0.2) is 0 Å². The van der Waals surface area contributed by atoms with Crippen LogP contribution in [0.25, 0.3) is 0 Å². The van der Waals surface area contributed by atoms with E-state index >= 15 is 0 Å². The minimum atomic E-state index is -3.65. The molecule has 0 aromatic heterocycles. The third-order valence-electron chi connectivity index (χ3n) is 7.04. The summed E-state index contributed by atoms with van der Waals surface area (Å²) < 4.78 is 44.7. The topological polar surface area (TPSA) is 85.4 Å². The van der Waals surface area contributed by atoms with Crippen LogP contribution >= 0.6 is 11.6 Å². The number of piperidine rings is 1. The molecule has 2 fully saturated rings. The smallest absolute Gasteiger partial charge is 0.243 e. The van der Waals surface area contributed by atoms with Crippen LogP contribution < -0.4 is 9.47 Å². The van der Waals surface area contributed by atoms with Gasteiger partial charge in [0.25, 0.3) is 0 Å². The SMILES string of the molecule is COc1ccc(S(=O)(=O)N2CCC(COc3ccc(Cl)c(C)c3)(CC(=O)N3CCOCC3)CC2)cc1. The molecule has 0 radical (unpaired) electrons. The van der Waals surface area contributed by atoms with E-state index in [9.17, 15) is 13.2 Å². The molecule has 0 aliphatic carbocycles. The van der Waals surface area contributed by atoms with E-state index in [0.717, 1.165) is 5.56 Å². The number of methoxy groups -OCH3 is 1. The van der Waals surface area contributed by atoms with Gasteiger partial charge in [0.2, 0.25) is 15.9 Å². The van der Waals surface area contributed by atoms with Gasteiger partial charge >= 0.3 is 0 Å². The molecule has 2 aromatic carbocycles. The average molecular weight is 537 g/mol. The van der Waals surface area contributed by atoms with Crippen LogP contribution in [0.1, 0.15) is 24.8 Å². The van der Waals surface area contributed by atoms with E-state index in [0.29, 0.717) is 81.8 Å². The fraction of sp³-hybridized carbons (Fsp3) is 0.500. The molecular formula is C26H33ClN2O6S. The van der Waals surface area contributed by atoms with Crippen molar-refractivity contribution in [3.05, 3.63) is 53.1 Å². The molecule has 2 aromatic rings. The van der Waals surface area contributed by atoms with Crippen molar-refractivity contribution in [2.45, 2.75) is 31.1 Å². The van der Waals surface area contributed by atoms with Gasteiger partial charge in [0, 0.05) is 43.0 Å². The van der Waals surface area contributed by atoms with Gasteiger partial charge in [-0.25, -0.2) is 8.42 Å². The summed E-state index contributed by atoms with van der Waals surface area (Å²) >= 11 is 6.15. The number of halogens is 1. The minimum absolute atomic E-state index is 0.0562. The van der Waals surface area contributed by atoms with Gasteiger partial charge in [-0.1, -0.05) is 11.6 Å². The van der Waals surface area contributed by atoms with Crippen LogP contribution in [-0.4, -0.2) is 76.6 Å². The molecule has 36 heavy (non-hydrogen) atoms. The predicted octanol–water partition coefficient (Wildman–Crippen LogP) is 3.76. The Kier molecular flexibility index (Phi) is 8.44. The lowest BCUT2D eigenvalue weighted by Crippen LogP contribution is -2.49. The average Bonchev–Trinajstić information content (AvgIpc) is 2.90. The maximum absolute atomic E-state index is 13.3. The summed E-state index contributed by atoms with van der Waals surface area (Å²) in [7, 11) is -2.11. The Balaban J connectivity index is 1.49. The van der Waals surface area contributed by atoms with Crippen molar-refractivity contribution in [2.75, 3.05) is 53.1 Å². The highest BCUT2D eigenvalue weighted by Crippen LogP contribution is 2.38. The van der Waals surface area contributed by atoms with Crippen molar-refractivity contribution >= 4 is 27.5 Å². The number of aryl methyl sites for hydroxylation is 1. The summed E-state index contributed by atoms with van der Waals surface area (Å²) in [6.07, 6.45) is 1.34. The van der Waals surface area contributed by atoms with E-state index < -0.39 is 15.4 Å². The Bertz CT molecular complexity index is 1160. The van der Waals surface area contributed by atoms with Gasteiger partial charge in [-0.05, 0) is 67.8 Å². The first-order valence-electron chi connectivity index (χ1n) is 12.1. The van der Waals surface area contributed by atoms with Gasteiger partial charge in [-0.15, -0.1) is 0 Å². The number of hydrogen-bond acceptors (Lipinski definition) is 6. The number of carbonyl (C=O) groups is 1. The quantitative estimate of drug-likeness (QED) is 0.511. The van der Waals surface area contributed by atoms with E-state index in [1.165, 1.54) is 4.31 Å². The molecule has 10 heteroatoms. The number of sulfonamides is 1. The fourth-order valence-electron chi connectivity index (χ4n) is 4.66. The highest BCUT2D eigenvalue weighted by atomic mass is 35.5. The molecule has 2 saturated heterocycles. The first-order chi connectivity index (χ1) is 17.2. The molecule has 0 atom stereocenters. The number of morpholine rings is 1. The Hall–Kier alpha value is -2.33. The van der Waals surface area contributed by atoms with E-state index in [2.05, 4.69) is 0 Å². The van der Waals surface area contributed by atoms with Gasteiger partial charge in [0.1, 0.15) is 11.5 Å². The highest BCUT2D eigenvalue weighted by Gasteiger charge is 2.41. The lowest BCUT2D eigenvalue weighted by Gasteiger charge is -2.41. The van der Waals surface area contributed by atoms with Crippen molar-refractivity contribution in [1.82, 2.24) is 9.21 Å². The molecule has 4 rings (SSSR count). The fourth-order valence-corrected chi connectivity index (χ4v) is 6.22. The number of rotatable bonds is 8. The van der Waals surface area contributed by atoms with E-state index in [1.54, 1.807) is 37.4 Å². The Morgan fingerprint density at radius 2 is 1.67 bits per heavy atom. The summed E-state index contributed by atoms with van der Waals surface area (Å²) in [5, 5.41) is 0.664. The molecule has 1 amide bonds. The van der Waals surface area contributed by atoms with Gasteiger partial charge in [-0.3, -0.25) is 4.79 Å². The molecule has 0 bridgehead atoms. The summed E-state index contributed by atoms with van der Waals surface area (Å²) in [6.45, 7) is 5.08. The van der Waals surface area contributed by atoms with Crippen LogP contribution in [0.3, 0.4) is 0 Å². The molecular weight excluding hydrogens is 504 g/mol. The molecule has 0 saturated carbocycles. The molecule has 2 heterocycles. The lowest BCUT2D eigenvalue weighted by molar-refractivity contribution is -0.139. The second kappa shape index (κ2) is 11.4. The number of nitrogens with zero attached hydrogens (tertiary/aromatic N) is 2. The molecule has 2 aliphatic heterocycles. The number of amides is 1. The molecule has 0 spiro atoms. The molecule has 2 aliphatic rings. The van der Waals surface area contributed by atoms with Gasteiger partial charge < -0.3 is 19.1 Å². The largest absolute Gasteiger partial charge is 0.497 e. The second-order valence-electron chi connectivity index (χ2n) is 9.45. The Morgan fingerprint density at radius 1 is 1.03 bits per heavy atom. The number of hydrogen-bond donors (Lipinski definition) is 0. The minimum Gasteiger partial charge on any atom is -0.497 e. The maximum Gasteiger partial charge on any atom is 0.243 e. The monoisotopic (exact) mass is 536 g/mol. The van der Waals surface area contributed by atoms with Crippen LogP contribution in [0.4, 0.5) is 0 Å². The van der Waals surface area contributed by atoms with Crippen molar-refractivity contribution in [3.8, 4) is 11.5 Å². The zero-order chi connectivity index (χ0) is 25.8. The van der Waals surface area contributed by atoms with Crippen LogP contribution in [0.15, 0.2) is 47.4 Å². The Labute approximate surface area is 218 Å². The summed E-state index contributed by atoms with van der Waals surface area (Å²) in [4.78, 5) is 15.3. The van der Waals surface area contributed by atoms with E-state index in [1.807, 2.05) is 24.0 Å². The van der Waals surface area contributed by atoms with Crippen molar-refractivity contribution in [2.24, 2.45) is 5.41 Å². The maximum atomic E-state index is 13.3. The molecule has 0 N–H and O–H groups in total. The zero-order valence-electron chi connectivity index (χ0n) is 20.7. The first kappa shape index (κ1) is 26.7. The summed E-state index contributed by atoms with van der Waals surface area (Å²) in [5.74, 6) is 1.34.